The maximum Gasteiger partial charge on any atom is 0.303 e. The first-order valence-corrected chi connectivity index (χ1v) is 14.2. The number of rotatable bonds is 6. The van der Waals surface area contributed by atoms with Crippen molar-refractivity contribution >= 4 is 17.5 Å². The first-order chi connectivity index (χ1) is 19.4. The Morgan fingerprint density at radius 1 is 1.05 bits per heavy atom. The molecule has 7 nitrogen and oxygen atoms in total. The molecule has 4 aromatic rings. The molecule has 2 fully saturated rings. The Balaban J connectivity index is 1.18. The van der Waals surface area contributed by atoms with Crippen molar-refractivity contribution in [2.75, 3.05) is 6.54 Å². The van der Waals surface area contributed by atoms with Crippen LogP contribution < -0.4 is 0 Å². The highest BCUT2D eigenvalue weighted by Gasteiger charge is 2.34. The smallest absolute Gasteiger partial charge is 0.303 e. The third-order valence-corrected chi connectivity index (χ3v) is 8.96. The molecule has 1 aliphatic heterocycles. The number of carbonyl (C=O) groups excluding carboxylic acids is 1. The van der Waals surface area contributed by atoms with Crippen LogP contribution in [-0.2, 0) is 11.2 Å². The van der Waals surface area contributed by atoms with Crippen molar-refractivity contribution in [3.8, 4) is 11.3 Å². The van der Waals surface area contributed by atoms with E-state index in [1.807, 2.05) is 29.2 Å². The van der Waals surface area contributed by atoms with Crippen LogP contribution in [0.1, 0.15) is 89.8 Å². The zero-order valence-electron chi connectivity index (χ0n) is 22.4. The van der Waals surface area contributed by atoms with Crippen LogP contribution in [0.3, 0.4) is 0 Å². The molecule has 204 valence electrons. The quantitative estimate of drug-likeness (QED) is 0.319. The van der Waals surface area contributed by atoms with E-state index in [9.17, 15) is 9.59 Å². The van der Waals surface area contributed by atoms with Gasteiger partial charge in [0, 0.05) is 36.2 Å². The number of fused-ring (bicyclic) bond motifs is 2. The van der Waals surface area contributed by atoms with Crippen molar-refractivity contribution < 1.29 is 19.1 Å². The Morgan fingerprint density at radius 3 is 2.60 bits per heavy atom. The number of halogens is 1. The molecule has 0 bridgehead atoms. The summed E-state index contributed by atoms with van der Waals surface area (Å²) < 4.78 is 17.1. The van der Waals surface area contributed by atoms with E-state index in [-0.39, 0.29) is 36.0 Å². The second-order valence-corrected chi connectivity index (χ2v) is 11.6. The monoisotopic (exact) mass is 538 g/mol. The van der Waals surface area contributed by atoms with Gasteiger partial charge in [0.05, 0.1) is 11.7 Å². The van der Waals surface area contributed by atoms with Crippen LogP contribution in [-0.4, -0.2) is 43.0 Å². The van der Waals surface area contributed by atoms with Gasteiger partial charge in [-0.2, -0.15) is 5.10 Å². The van der Waals surface area contributed by atoms with Crippen molar-refractivity contribution in [1.29, 1.82) is 0 Å². The lowest BCUT2D eigenvalue weighted by atomic mass is 9.70. The maximum absolute atomic E-state index is 15.4. The highest BCUT2D eigenvalue weighted by molar-refractivity contribution is 5.93. The molecular formula is C32H31FN4O3. The van der Waals surface area contributed by atoms with E-state index in [4.69, 9.17) is 15.2 Å². The standard InChI is InChI=1S/C32H31FN4O3/c1-18-24-5-3-2-4-20(24)10-11-36(18)32(40)28-16-29(21-6-7-21)37-30(34-28)17-27(35-37)25-9-8-22(15-26(25)33)23-12-19(13-23)14-31(38)39/h2-5,8-9,15-19,21,23H,6-7,10-14H2,1H3,(H,38,39)/t18-,19-,23-/m1/s1. The van der Waals surface area contributed by atoms with E-state index in [1.165, 1.54) is 11.1 Å². The summed E-state index contributed by atoms with van der Waals surface area (Å²) in [5.41, 5.74) is 6.14. The van der Waals surface area contributed by atoms with E-state index in [0.29, 0.717) is 35.1 Å². The van der Waals surface area contributed by atoms with Crippen LogP contribution in [0, 0.1) is 11.7 Å². The molecule has 2 aromatic heterocycles. The number of hydrogen-bond donors (Lipinski definition) is 1. The lowest BCUT2D eigenvalue weighted by molar-refractivity contribution is -0.138. The minimum Gasteiger partial charge on any atom is -0.481 e. The van der Waals surface area contributed by atoms with Crippen LogP contribution in [0.5, 0.6) is 0 Å². The SMILES string of the molecule is C[C@@H]1c2ccccc2CCN1C(=O)c1cc(C2CC2)n2nc(-c3ccc([C@H]4C[C@H](CC(=O)O)C4)cc3F)cc2n1. The fraction of sp³-hybridized carbons (Fsp3) is 0.375. The number of nitrogens with zero attached hydrogens (tertiary/aromatic N) is 4. The molecular weight excluding hydrogens is 507 g/mol. The number of benzene rings is 2. The lowest BCUT2D eigenvalue weighted by Crippen LogP contribution is -2.39. The van der Waals surface area contributed by atoms with Gasteiger partial charge in [-0.3, -0.25) is 9.59 Å². The Bertz CT molecular complexity index is 1650. The topological polar surface area (TPSA) is 87.8 Å². The lowest BCUT2D eigenvalue weighted by Gasteiger charge is -2.35. The van der Waals surface area contributed by atoms with Gasteiger partial charge < -0.3 is 10.0 Å². The molecule has 0 unspecified atom stereocenters. The number of aliphatic carboxylic acids is 1. The summed E-state index contributed by atoms with van der Waals surface area (Å²) >= 11 is 0. The fourth-order valence-electron chi connectivity index (χ4n) is 6.52. The molecule has 8 heteroatoms. The number of aromatic nitrogens is 3. The van der Waals surface area contributed by atoms with Crippen molar-refractivity contribution in [2.24, 2.45) is 5.92 Å². The summed E-state index contributed by atoms with van der Waals surface area (Å²) in [5.74, 6) is -0.561. The Labute approximate surface area is 231 Å². The van der Waals surface area contributed by atoms with Gasteiger partial charge in [-0.25, -0.2) is 13.9 Å². The summed E-state index contributed by atoms with van der Waals surface area (Å²) in [7, 11) is 0. The summed E-state index contributed by atoms with van der Waals surface area (Å²) in [6.07, 6.45) is 4.59. The van der Waals surface area contributed by atoms with Gasteiger partial charge in [0.2, 0.25) is 0 Å². The molecule has 1 N–H and O–H groups in total. The molecule has 2 saturated carbocycles. The van der Waals surface area contributed by atoms with Crippen molar-refractivity contribution in [2.45, 2.75) is 63.3 Å². The van der Waals surface area contributed by atoms with Gasteiger partial charge in [-0.1, -0.05) is 30.3 Å². The van der Waals surface area contributed by atoms with E-state index < -0.39 is 5.97 Å². The molecule has 1 amide bonds. The first kappa shape index (κ1) is 24.9. The van der Waals surface area contributed by atoms with E-state index in [1.54, 1.807) is 22.7 Å². The highest BCUT2D eigenvalue weighted by atomic mass is 19.1. The molecule has 7 rings (SSSR count). The molecule has 3 heterocycles. The molecule has 3 aliphatic rings. The summed E-state index contributed by atoms with van der Waals surface area (Å²) in [4.78, 5) is 31.3. The third kappa shape index (κ3) is 4.35. The average molecular weight is 539 g/mol. The maximum atomic E-state index is 15.4. The van der Waals surface area contributed by atoms with Gasteiger partial charge in [0.25, 0.3) is 5.91 Å². The molecule has 1 atom stereocenters. The van der Waals surface area contributed by atoms with E-state index >= 15 is 4.39 Å². The highest BCUT2D eigenvalue weighted by Crippen LogP contribution is 2.44. The minimum absolute atomic E-state index is 0.0389. The molecule has 2 aliphatic carbocycles. The van der Waals surface area contributed by atoms with Crippen LogP contribution in [0.2, 0.25) is 0 Å². The zero-order chi connectivity index (χ0) is 27.5. The van der Waals surface area contributed by atoms with Crippen molar-refractivity contribution in [3.05, 3.63) is 88.5 Å². The normalized spacial score (nSPS) is 22.1. The van der Waals surface area contributed by atoms with Crippen LogP contribution in [0.4, 0.5) is 4.39 Å². The largest absolute Gasteiger partial charge is 0.481 e. The number of carboxylic acid groups (broad SMARTS) is 1. The Hall–Kier alpha value is -4.07. The molecule has 2 aromatic carbocycles. The first-order valence-electron chi connectivity index (χ1n) is 14.2. The number of hydrogen-bond acceptors (Lipinski definition) is 4. The summed E-state index contributed by atoms with van der Waals surface area (Å²) in [6.45, 7) is 2.71. The second kappa shape index (κ2) is 9.54. The van der Waals surface area contributed by atoms with E-state index in [2.05, 4.69) is 19.1 Å². The van der Waals surface area contributed by atoms with Gasteiger partial charge >= 0.3 is 5.97 Å². The molecule has 0 radical (unpaired) electrons. The zero-order valence-corrected chi connectivity index (χ0v) is 22.4. The average Bonchev–Trinajstić information content (AvgIpc) is 3.68. The van der Waals surface area contributed by atoms with Crippen molar-refractivity contribution in [3.63, 3.8) is 0 Å². The second-order valence-electron chi connectivity index (χ2n) is 11.6. The minimum atomic E-state index is -0.781. The van der Waals surface area contributed by atoms with Crippen LogP contribution in [0.15, 0.2) is 54.6 Å². The van der Waals surface area contributed by atoms with Gasteiger partial charge in [-0.15, -0.1) is 0 Å². The Kier molecular flexibility index (Phi) is 5.95. The predicted molar refractivity (Wildman–Crippen MR) is 148 cm³/mol. The molecule has 0 spiro atoms. The number of amides is 1. The summed E-state index contributed by atoms with van der Waals surface area (Å²) in [5, 5.41) is 13.7. The third-order valence-electron chi connectivity index (χ3n) is 8.96. The fourth-order valence-corrected chi connectivity index (χ4v) is 6.52. The number of carbonyl (C=O) groups is 2. The van der Waals surface area contributed by atoms with Gasteiger partial charge in [0.1, 0.15) is 11.5 Å². The van der Waals surface area contributed by atoms with Crippen molar-refractivity contribution in [1.82, 2.24) is 19.5 Å². The predicted octanol–water partition coefficient (Wildman–Crippen LogP) is 6.14. The molecule has 0 saturated heterocycles. The summed E-state index contributed by atoms with van der Waals surface area (Å²) in [6, 6.07) is 17.1. The molecule has 40 heavy (non-hydrogen) atoms. The van der Waals surface area contributed by atoms with Gasteiger partial charge in [-0.05, 0) is 85.8 Å². The van der Waals surface area contributed by atoms with Gasteiger partial charge in [0.15, 0.2) is 5.65 Å². The van der Waals surface area contributed by atoms with Crippen LogP contribution >= 0.6 is 0 Å². The number of carboxylic acids is 1. The van der Waals surface area contributed by atoms with E-state index in [0.717, 1.165) is 43.4 Å². The Morgan fingerprint density at radius 2 is 1.85 bits per heavy atom. The van der Waals surface area contributed by atoms with Crippen LogP contribution in [0.25, 0.3) is 16.9 Å².